The van der Waals surface area contributed by atoms with Crippen molar-refractivity contribution < 1.29 is 14.3 Å². The second-order valence-corrected chi connectivity index (χ2v) is 8.41. The molecule has 0 radical (unpaired) electrons. The SMILES string of the molecule is COC(=O)c1c(NC(=S)NC(=O)c2c(Cl)cnn2C)sc2c1CCCCCC2. The minimum absolute atomic E-state index is 0.0849. The van der Waals surface area contributed by atoms with Crippen LogP contribution < -0.4 is 10.6 Å². The van der Waals surface area contributed by atoms with Crippen molar-refractivity contribution in [1.82, 2.24) is 15.1 Å². The summed E-state index contributed by atoms with van der Waals surface area (Å²) >= 11 is 12.8. The van der Waals surface area contributed by atoms with E-state index in [1.165, 1.54) is 40.6 Å². The Morgan fingerprint density at radius 1 is 1.29 bits per heavy atom. The Balaban J connectivity index is 1.82. The molecule has 0 atom stereocenters. The third kappa shape index (κ3) is 4.37. The number of hydrogen-bond acceptors (Lipinski definition) is 6. The third-order valence-corrected chi connectivity index (χ3v) is 6.31. The normalized spacial score (nSPS) is 13.8. The number of carbonyl (C=O) groups excluding carboxylic acids is 2. The van der Waals surface area contributed by atoms with Crippen LogP contribution in [0.5, 0.6) is 0 Å². The summed E-state index contributed by atoms with van der Waals surface area (Å²) < 4.78 is 6.37. The number of hydrogen-bond donors (Lipinski definition) is 2. The van der Waals surface area contributed by atoms with Crippen LogP contribution in [0.25, 0.3) is 0 Å². The zero-order chi connectivity index (χ0) is 20.3. The molecular formula is C18H21ClN4O3S2. The molecule has 0 unspecified atom stereocenters. The number of carbonyl (C=O) groups is 2. The highest BCUT2D eigenvalue weighted by molar-refractivity contribution is 7.80. The van der Waals surface area contributed by atoms with Gasteiger partial charge in [-0.05, 0) is 43.5 Å². The standard InChI is InChI=1S/C18H21ClN4O3S2/c1-23-14(11(19)9-20-23)15(24)21-18(27)22-16-13(17(25)26-2)10-7-5-3-4-6-8-12(10)28-16/h9H,3-8H2,1-2H3,(H2,21,22,24,27). The fraction of sp³-hybridized carbons (Fsp3) is 0.444. The molecule has 0 saturated heterocycles. The van der Waals surface area contributed by atoms with Crippen LogP contribution in [0.4, 0.5) is 5.00 Å². The van der Waals surface area contributed by atoms with Gasteiger partial charge in [-0.3, -0.25) is 14.8 Å². The Bertz CT molecular complexity index is 903. The molecule has 0 fully saturated rings. The van der Waals surface area contributed by atoms with E-state index in [-0.39, 0.29) is 15.8 Å². The van der Waals surface area contributed by atoms with Crippen molar-refractivity contribution in [3.8, 4) is 0 Å². The Labute approximate surface area is 177 Å². The maximum Gasteiger partial charge on any atom is 0.341 e. The number of methoxy groups -OCH3 is 1. The quantitative estimate of drug-likeness (QED) is 0.559. The van der Waals surface area contributed by atoms with E-state index in [0.29, 0.717) is 10.6 Å². The average Bonchev–Trinajstić information content (AvgIpc) is 3.13. The highest BCUT2D eigenvalue weighted by Gasteiger charge is 2.26. The van der Waals surface area contributed by atoms with Crippen molar-refractivity contribution in [3.63, 3.8) is 0 Å². The van der Waals surface area contributed by atoms with Crippen molar-refractivity contribution in [2.75, 3.05) is 12.4 Å². The van der Waals surface area contributed by atoms with Gasteiger partial charge in [-0.25, -0.2) is 4.79 Å². The Morgan fingerprint density at radius 3 is 2.64 bits per heavy atom. The first kappa shape index (κ1) is 20.8. The molecule has 2 aromatic rings. The fourth-order valence-corrected chi connectivity index (χ4v) is 5.08. The third-order valence-electron chi connectivity index (χ3n) is 4.62. The number of fused-ring (bicyclic) bond motifs is 1. The van der Waals surface area contributed by atoms with Crippen LogP contribution in [0.1, 0.15) is 57.0 Å². The molecule has 28 heavy (non-hydrogen) atoms. The van der Waals surface area contributed by atoms with Gasteiger partial charge in [0.25, 0.3) is 5.91 Å². The molecular weight excluding hydrogens is 420 g/mol. The minimum Gasteiger partial charge on any atom is -0.465 e. The van der Waals surface area contributed by atoms with E-state index in [2.05, 4.69) is 15.7 Å². The number of nitrogens with one attached hydrogen (secondary N) is 2. The first-order valence-corrected chi connectivity index (χ1v) is 10.5. The van der Waals surface area contributed by atoms with Crippen molar-refractivity contribution in [1.29, 1.82) is 0 Å². The lowest BCUT2D eigenvalue weighted by molar-refractivity contribution is 0.0601. The van der Waals surface area contributed by atoms with Crippen LogP contribution in [-0.2, 0) is 24.6 Å². The molecule has 0 bridgehead atoms. The number of aromatic nitrogens is 2. The number of thiophene rings is 1. The van der Waals surface area contributed by atoms with E-state index in [1.807, 2.05) is 0 Å². The lowest BCUT2D eigenvalue weighted by Gasteiger charge is -2.12. The van der Waals surface area contributed by atoms with Gasteiger partial charge in [0, 0.05) is 11.9 Å². The molecule has 1 aliphatic carbocycles. The molecule has 2 N–H and O–H groups in total. The lowest BCUT2D eigenvalue weighted by Crippen LogP contribution is -2.35. The van der Waals surface area contributed by atoms with Gasteiger partial charge in [0.1, 0.15) is 10.7 Å². The van der Waals surface area contributed by atoms with E-state index < -0.39 is 11.9 Å². The van der Waals surface area contributed by atoms with E-state index in [4.69, 9.17) is 28.6 Å². The first-order valence-electron chi connectivity index (χ1n) is 8.95. The Morgan fingerprint density at radius 2 is 2.00 bits per heavy atom. The summed E-state index contributed by atoms with van der Waals surface area (Å²) in [7, 11) is 2.98. The molecule has 2 aromatic heterocycles. The van der Waals surface area contributed by atoms with Crippen LogP contribution in [0.15, 0.2) is 6.20 Å². The largest absolute Gasteiger partial charge is 0.465 e. The Hall–Kier alpha value is -1.97. The van der Waals surface area contributed by atoms with Crippen LogP contribution in [0.2, 0.25) is 5.02 Å². The van der Waals surface area contributed by atoms with Crippen molar-refractivity contribution >= 4 is 57.1 Å². The number of ether oxygens (including phenoxy) is 1. The van der Waals surface area contributed by atoms with Gasteiger partial charge in [-0.2, -0.15) is 5.10 Å². The smallest absolute Gasteiger partial charge is 0.341 e. The average molecular weight is 441 g/mol. The van der Waals surface area contributed by atoms with E-state index >= 15 is 0 Å². The van der Waals surface area contributed by atoms with Gasteiger partial charge in [0.2, 0.25) is 0 Å². The van der Waals surface area contributed by atoms with Crippen LogP contribution in [0.3, 0.4) is 0 Å². The maximum absolute atomic E-state index is 12.4. The Kier molecular flexibility index (Phi) is 6.69. The van der Waals surface area contributed by atoms with Crippen LogP contribution in [0, 0.1) is 0 Å². The number of nitrogens with zero attached hydrogens (tertiary/aromatic N) is 2. The molecule has 0 aliphatic heterocycles. The molecule has 1 amide bonds. The number of rotatable bonds is 3. The van der Waals surface area contributed by atoms with Gasteiger partial charge < -0.3 is 10.1 Å². The van der Waals surface area contributed by atoms with E-state index in [0.717, 1.165) is 37.7 Å². The van der Waals surface area contributed by atoms with Crippen molar-refractivity contribution in [2.24, 2.45) is 7.05 Å². The number of anilines is 1. The molecule has 150 valence electrons. The number of halogens is 1. The zero-order valence-electron chi connectivity index (χ0n) is 15.6. The summed E-state index contributed by atoms with van der Waals surface area (Å²) in [4.78, 5) is 26.0. The highest BCUT2D eigenvalue weighted by atomic mass is 35.5. The van der Waals surface area contributed by atoms with Crippen LogP contribution in [-0.4, -0.2) is 33.9 Å². The molecule has 3 rings (SSSR count). The summed E-state index contributed by atoms with van der Waals surface area (Å²) in [5, 5.41) is 10.4. The minimum atomic E-state index is -0.475. The predicted octanol–water partition coefficient (Wildman–Crippen LogP) is 3.71. The maximum atomic E-state index is 12.4. The zero-order valence-corrected chi connectivity index (χ0v) is 18.0. The van der Waals surface area contributed by atoms with Gasteiger partial charge in [-0.1, -0.05) is 24.4 Å². The summed E-state index contributed by atoms with van der Waals surface area (Å²) in [6.45, 7) is 0. The first-order chi connectivity index (χ1) is 13.4. The molecule has 2 heterocycles. The van der Waals surface area contributed by atoms with E-state index in [1.54, 1.807) is 7.05 Å². The summed E-state index contributed by atoms with van der Waals surface area (Å²) in [5.41, 5.74) is 1.75. The molecule has 0 spiro atoms. The monoisotopic (exact) mass is 440 g/mol. The molecule has 0 aromatic carbocycles. The second kappa shape index (κ2) is 9.02. The molecule has 0 saturated carbocycles. The summed E-state index contributed by atoms with van der Waals surface area (Å²) in [5.74, 6) is -0.874. The number of esters is 1. The molecule has 10 heteroatoms. The van der Waals surface area contributed by atoms with Crippen molar-refractivity contribution in [3.05, 3.63) is 32.9 Å². The highest BCUT2D eigenvalue weighted by Crippen LogP contribution is 2.37. The number of aryl methyl sites for hydroxylation is 2. The van der Waals surface area contributed by atoms with Gasteiger partial charge in [0.15, 0.2) is 5.11 Å². The predicted molar refractivity (Wildman–Crippen MR) is 113 cm³/mol. The topological polar surface area (TPSA) is 85.2 Å². The summed E-state index contributed by atoms with van der Waals surface area (Å²) in [6.07, 6.45) is 7.62. The lowest BCUT2D eigenvalue weighted by atomic mass is 9.96. The van der Waals surface area contributed by atoms with Gasteiger partial charge in [0.05, 0.1) is 23.9 Å². The van der Waals surface area contributed by atoms with Gasteiger partial charge >= 0.3 is 5.97 Å². The number of amides is 1. The van der Waals surface area contributed by atoms with Crippen LogP contribution >= 0.6 is 35.2 Å². The second-order valence-electron chi connectivity index (χ2n) is 6.49. The molecule has 7 nitrogen and oxygen atoms in total. The fourth-order valence-electron chi connectivity index (χ4n) is 3.29. The van der Waals surface area contributed by atoms with E-state index in [9.17, 15) is 9.59 Å². The van der Waals surface area contributed by atoms with Crippen molar-refractivity contribution in [2.45, 2.75) is 38.5 Å². The number of thiocarbonyl (C=S) groups is 1. The molecule has 1 aliphatic rings. The van der Waals surface area contributed by atoms with Gasteiger partial charge in [-0.15, -0.1) is 11.3 Å². The summed E-state index contributed by atoms with van der Waals surface area (Å²) in [6, 6.07) is 0.